The normalized spacial score (nSPS) is 15.4. The molecule has 0 saturated carbocycles. The van der Waals surface area contributed by atoms with E-state index in [1.807, 2.05) is 23.1 Å². The number of aryl methyl sites for hydroxylation is 1. The van der Waals surface area contributed by atoms with E-state index >= 15 is 0 Å². The third kappa shape index (κ3) is 3.54. The van der Waals surface area contributed by atoms with Gasteiger partial charge in [0.1, 0.15) is 11.6 Å². The van der Waals surface area contributed by atoms with Gasteiger partial charge in [0, 0.05) is 37.8 Å². The SMILES string of the molecule is Cc1cc(N2CCN(c3ccc(C(F)(F)F)cn3)CC2)nc2ccccc12. The highest BCUT2D eigenvalue weighted by molar-refractivity contribution is 5.83. The molecule has 2 aromatic heterocycles. The molecule has 0 N–H and O–H groups in total. The second-order valence-corrected chi connectivity index (χ2v) is 6.69. The zero-order valence-electron chi connectivity index (χ0n) is 14.9. The van der Waals surface area contributed by atoms with Crippen molar-refractivity contribution >= 4 is 22.5 Å². The van der Waals surface area contributed by atoms with E-state index in [1.54, 1.807) is 0 Å². The van der Waals surface area contributed by atoms with Crippen molar-refractivity contribution in [2.24, 2.45) is 0 Å². The van der Waals surface area contributed by atoms with Crippen LogP contribution in [0.2, 0.25) is 0 Å². The molecule has 3 aromatic rings. The molecule has 3 heterocycles. The van der Waals surface area contributed by atoms with Gasteiger partial charge in [0.15, 0.2) is 0 Å². The van der Waals surface area contributed by atoms with Gasteiger partial charge in [-0.3, -0.25) is 0 Å². The molecule has 1 aliphatic heterocycles. The maximum absolute atomic E-state index is 12.7. The molecule has 27 heavy (non-hydrogen) atoms. The van der Waals surface area contributed by atoms with E-state index in [4.69, 9.17) is 4.98 Å². The molecule has 0 unspecified atom stereocenters. The van der Waals surface area contributed by atoms with Gasteiger partial charge in [-0.25, -0.2) is 9.97 Å². The Morgan fingerprint density at radius 3 is 2.19 bits per heavy atom. The molecule has 4 nitrogen and oxygen atoms in total. The highest BCUT2D eigenvalue weighted by atomic mass is 19.4. The number of benzene rings is 1. The summed E-state index contributed by atoms with van der Waals surface area (Å²) in [5.41, 5.74) is 1.43. The zero-order chi connectivity index (χ0) is 19.0. The van der Waals surface area contributed by atoms with Crippen molar-refractivity contribution in [1.82, 2.24) is 9.97 Å². The van der Waals surface area contributed by atoms with Gasteiger partial charge in [0.25, 0.3) is 0 Å². The Morgan fingerprint density at radius 2 is 1.56 bits per heavy atom. The first kappa shape index (κ1) is 17.6. The Labute approximate surface area is 155 Å². The van der Waals surface area contributed by atoms with Gasteiger partial charge < -0.3 is 9.80 Å². The third-order valence-electron chi connectivity index (χ3n) is 4.91. The summed E-state index contributed by atoms with van der Waals surface area (Å²) in [4.78, 5) is 13.0. The van der Waals surface area contributed by atoms with Gasteiger partial charge in [0.05, 0.1) is 11.1 Å². The fourth-order valence-corrected chi connectivity index (χ4v) is 3.40. The topological polar surface area (TPSA) is 32.3 Å². The van der Waals surface area contributed by atoms with Crippen LogP contribution in [0, 0.1) is 6.92 Å². The Bertz CT molecular complexity index is 946. The van der Waals surface area contributed by atoms with Crippen molar-refractivity contribution in [3.05, 3.63) is 59.8 Å². The fraction of sp³-hybridized carbons (Fsp3) is 0.300. The van der Waals surface area contributed by atoms with Gasteiger partial charge >= 0.3 is 6.18 Å². The van der Waals surface area contributed by atoms with Gasteiger partial charge in [-0.2, -0.15) is 13.2 Å². The molecule has 1 saturated heterocycles. The summed E-state index contributed by atoms with van der Waals surface area (Å²) in [6.07, 6.45) is -3.46. The maximum Gasteiger partial charge on any atom is 0.417 e. The fourth-order valence-electron chi connectivity index (χ4n) is 3.40. The number of hydrogen-bond donors (Lipinski definition) is 0. The number of hydrogen-bond acceptors (Lipinski definition) is 4. The number of pyridine rings is 2. The largest absolute Gasteiger partial charge is 0.417 e. The molecule has 7 heteroatoms. The highest BCUT2D eigenvalue weighted by Crippen LogP contribution is 2.30. The predicted octanol–water partition coefficient (Wildman–Crippen LogP) is 4.28. The summed E-state index contributed by atoms with van der Waals surface area (Å²) in [5.74, 6) is 1.51. The quantitative estimate of drug-likeness (QED) is 0.672. The number of fused-ring (bicyclic) bond motifs is 1. The minimum atomic E-state index is -4.36. The summed E-state index contributed by atoms with van der Waals surface area (Å²) in [6.45, 7) is 4.94. The Morgan fingerprint density at radius 1 is 0.889 bits per heavy atom. The molecule has 0 spiro atoms. The number of halogens is 3. The molecule has 0 aliphatic carbocycles. The number of rotatable bonds is 2. The first-order chi connectivity index (χ1) is 12.9. The van der Waals surface area contributed by atoms with E-state index in [0.29, 0.717) is 18.9 Å². The van der Waals surface area contributed by atoms with Gasteiger partial charge in [-0.15, -0.1) is 0 Å². The average Bonchev–Trinajstić information content (AvgIpc) is 2.67. The Kier molecular flexibility index (Phi) is 4.37. The lowest BCUT2D eigenvalue weighted by molar-refractivity contribution is -0.137. The minimum absolute atomic E-state index is 0.574. The van der Waals surface area contributed by atoms with E-state index in [0.717, 1.165) is 42.1 Å². The van der Waals surface area contributed by atoms with Crippen molar-refractivity contribution in [3.8, 4) is 0 Å². The average molecular weight is 372 g/mol. The third-order valence-corrected chi connectivity index (χ3v) is 4.91. The summed E-state index contributed by atoms with van der Waals surface area (Å²) in [7, 11) is 0. The number of aromatic nitrogens is 2. The number of anilines is 2. The van der Waals surface area contributed by atoms with Crippen molar-refractivity contribution in [2.75, 3.05) is 36.0 Å². The molecular formula is C20H19F3N4. The minimum Gasteiger partial charge on any atom is -0.353 e. The molecule has 1 aliphatic rings. The van der Waals surface area contributed by atoms with Crippen LogP contribution in [-0.2, 0) is 6.18 Å². The van der Waals surface area contributed by atoms with E-state index in [9.17, 15) is 13.2 Å². The smallest absolute Gasteiger partial charge is 0.353 e. The standard InChI is InChI=1S/C20H19F3N4/c1-14-12-19(25-17-5-3-2-4-16(14)17)27-10-8-26(9-11-27)18-7-6-15(13-24-18)20(21,22)23/h2-7,12-13H,8-11H2,1H3. The molecule has 4 rings (SSSR count). The van der Waals surface area contributed by atoms with Crippen LogP contribution in [0.1, 0.15) is 11.1 Å². The number of alkyl halides is 3. The summed E-state index contributed by atoms with van der Waals surface area (Å²) in [5, 5.41) is 1.15. The van der Waals surface area contributed by atoms with Crippen LogP contribution in [0.4, 0.5) is 24.8 Å². The second kappa shape index (κ2) is 6.72. The van der Waals surface area contributed by atoms with Gasteiger partial charge in [0.2, 0.25) is 0 Å². The molecule has 0 amide bonds. The van der Waals surface area contributed by atoms with Gasteiger partial charge in [-0.05, 0) is 36.8 Å². The van der Waals surface area contributed by atoms with Crippen LogP contribution in [-0.4, -0.2) is 36.1 Å². The Balaban J connectivity index is 1.47. The predicted molar refractivity (Wildman–Crippen MR) is 100 cm³/mol. The summed E-state index contributed by atoms with van der Waals surface area (Å²) in [6, 6.07) is 12.7. The summed E-state index contributed by atoms with van der Waals surface area (Å²) >= 11 is 0. The van der Waals surface area contributed by atoms with E-state index in [-0.39, 0.29) is 0 Å². The van der Waals surface area contributed by atoms with Crippen LogP contribution in [0.3, 0.4) is 0 Å². The lowest BCUT2D eigenvalue weighted by atomic mass is 10.1. The maximum atomic E-state index is 12.7. The van der Waals surface area contributed by atoms with Crippen molar-refractivity contribution < 1.29 is 13.2 Å². The molecule has 0 atom stereocenters. The van der Waals surface area contributed by atoms with E-state index in [1.165, 1.54) is 11.6 Å². The first-order valence-corrected chi connectivity index (χ1v) is 8.81. The summed E-state index contributed by atoms with van der Waals surface area (Å²) < 4.78 is 38.0. The number of piperazine rings is 1. The Hall–Kier alpha value is -2.83. The van der Waals surface area contributed by atoms with Crippen LogP contribution >= 0.6 is 0 Å². The highest BCUT2D eigenvalue weighted by Gasteiger charge is 2.31. The van der Waals surface area contributed by atoms with Gasteiger partial charge in [-0.1, -0.05) is 18.2 Å². The monoisotopic (exact) mass is 372 g/mol. The van der Waals surface area contributed by atoms with E-state index < -0.39 is 11.7 Å². The number of para-hydroxylation sites is 1. The second-order valence-electron chi connectivity index (χ2n) is 6.69. The molecule has 1 aromatic carbocycles. The zero-order valence-corrected chi connectivity index (χ0v) is 14.9. The van der Waals surface area contributed by atoms with Crippen LogP contribution < -0.4 is 9.80 Å². The van der Waals surface area contributed by atoms with Crippen molar-refractivity contribution in [2.45, 2.75) is 13.1 Å². The molecule has 0 bridgehead atoms. The molecule has 0 radical (unpaired) electrons. The van der Waals surface area contributed by atoms with Crippen molar-refractivity contribution in [3.63, 3.8) is 0 Å². The lowest BCUT2D eigenvalue weighted by Gasteiger charge is -2.36. The van der Waals surface area contributed by atoms with Crippen LogP contribution in [0.25, 0.3) is 10.9 Å². The first-order valence-electron chi connectivity index (χ1n) is 8.81. The molecule has 1 fully saturated rings. The van der Waals surface area contributed by atoms with Crippen molar-refractivity contribution in [1.29, 1.82) is 0 Å². The molecular weight excluding hydrogens is 353 g/mol. The lowest BCUT2D eigenvalue weighted by Crippen LogP contribution is -2.47. The van der Waals surface area contributed by atoms with Crippen LogP contribution in [0.5, 0.6) is 0 Å². The number of nitrogens with zero attached hydrogens (tertiary/aromatic N) is 4. The van der Waals surface area contributed by atoms with Crippen LogP contribution in [0.15, 0.2) is 48.7 Å². The molecule has 140 valence electrons. The van der Waals surface area contributed by atoms with E-state index in [2.05, 4.69) is 28.9 Å².